The molecule has 176 valence electrons. The number of halogens is 1. The molecule has 7 nitrogen and oxygen atoms in total. The van der Waals surface area contributed by atoms with E-state index in [0.717, 1.165) is 35.5 Å². The van der Waals surface area contributed by atoms with Gasteiger partial charge in [-0.2, -0.15) is 0 Å². The Labute approximate surface area is 207 Å². The van der Waals surface area contributed by atoms with E-state index in [2.05, 4.69) is 15.6 Å². The van der Waals surface area contributed by atoms with E-state index in [-0.39, 0.29) is 30.1 Å². The number of hydrogen-bond donors (Lipinski definition) is 2. The number of aliphatic imine (C=N–C) groups is 1. The highest BCUT2D eigenvalue weighted by Crippen LogP contribution is 2.32. The van der Waals surface area contributed by atoms with Crippen molar-refractivity contribution in [3.8, 4) is 23.0 Å². The fraction of sp³-hybridized carbons (Fsp3) is 0.458. The third kappa shape index (κ3) is 7.08. The number of guanidine groups is 1. The Balaban J connectivity index is 0.00000363. The number of rotatable bonds is 9. The van der Waals surface area contributed by atoms with Crippen LogP contribution in [-0.4, -0.2) is 40.4 Å². The van der Waals surface area contributed by atoms with Crippen LogP contribution in [0.1, 0.15) is 36.8 Å². The van der Waals surface area contributed by atoms with Gasteiger partial charge in [-0.15, -0.1) is 24.0 Å². The Morgan fingerprint density at radius 2 is 1.31 bits per heavy atom. The van der Waals surface area contributed by atoms with Crippen LogP contribution in [0.5, 0.6) is 23.0 Å². The fourth-order valence-corrected chi connectivity index (χ4v) is 3.69. The second kappa shape index (κ2) is 13.2. The van der Waals surface area contributed by atoms with Crippen molar-refractivity contribution in [2.75, 3.05) is 28.4 Å². The molecule has 0 amide bonds. The number of ether oxygens (including phenoxy) is 4. The van der Waals surface area contributed by atoms with Gasteiger partial charge < -0.3 is 29.6 Å². The highest BCUT2D eigenvalue weighted by Gasteiger charge is 2.18. The van der Waals surface area contributed by atoms with E-state index in [1.807, 2.05) is 36.4 Å². The van der Waals surface area contributed by atoms with Gasteiger partial charge >= 0.3 is 0 Å². The average Bonchev–Trinajstić information content (AvgIpc) is 3.32. The molecule has 0 saturated heterocycles. The van der Waals surface area contributed by atoms with Gasteiger partial charge in [0.2, 0.25) is 0 Å². The normalized spacial score (nSPS) is 13.8. The van der Waals surface area contributed by atoms with Gasteiger partial charge in [0, 0.05) is 20.1 Å². The topological polar surface area (TPSA) is 73.3 Å². The minimum Gasteiger partial charge on any atom is -0.493 e. The summed E-state index contributed by atoms with van der Waals surface area (Å²) >= 11 is 0. The molecule has 0 unspecified atom stereocenters. The fourth-order valence-electron chi connectivity index (χ4n) is 3.69. The van der Waals surface area contributed by atoms with Crippen LogP contribution >= 0.6 is 24.0 Å². The van der Waals surface area contributed by atoms with E-state index in [9.17, 15) is 0 Å². The summed E-state index contributed by atoms with van der Waals surface area (Å²) < 4.78 is 22.3. The number of methoxy groups -OCH3 is 3. The molecular formula is C24H34IN3O4. The molecule has 1 aliphatic carbocycles. The van der Waals surface area contributed by atoms with Crippen molar-refractivity contribution in [3.05, 3.63) is 47.5 Å². The molecular weight excluding hydrogens is 521 g/mol. The molecule has 3 rings (SSSR count). The quantitative estimate of drug-likeness (QED) is 0.270. The molecule has 1 fully saturated rings. The Bertz CT molecular complexity index is 886. The lowest BCUT2D eigenvalue weighted by molar-refractivity contribution is 0.200. The number of benzene rings is 2. The zero-order chi connectivity index (χ0) is 22.1. The summed E-state index contributed by atoms with van der Waals surface area (Å²) in [5.41, 5.74) is 2.17. The van der Waals surface area contributed by atoms with Crippen molar-refractivity contribution >= 4 is 29.9 Å². The third-order valence-corrected chi connectivity index (χ3v) is 5.42. The summed E-state index contributed by atoms with van der Waals surface area (Å²) in [6.45, 7) is 1.23. The first-order valence-electron chi connectivity index (χ1n) is 10.7. The smallest absolute Gasteiger partial charge is 0.191 e. The van der Waals surface area contributed by atoms with Gasteiger partial charge in [0.05, 0.1) is 27.4 Å². The van der Waals surface area contributed by atoms with Gasteiger partial charge in [0.25, 0.3) is 0 Å². The summed E-state index contributed by atoms with van der Waals surface area (Å²) in [6, 6.07) is 11.9. The maximum atomic E-state index is 6.20. The lowest BCUT2D eigenvalue weighted by atomic mass is 10.2. The lowest BCUT2D eigenvalue weighted by Crippen LogP contribution is -2.36. The molecule has 1 saturated carbocycles. The molecule has 0 atom stereocenters. The summed E-state index contributed by atoms with van der Waals surface area (Å²) in [4.78, 5) is 4.32. The zero-order valence-electron chi connectivity index (χ0n) is 19.3. The molecule has 2 aromatic rings. The van der Waals surface area contributed by atoms with Gasteiger partial charge in [-0.3, -0.25) is 4.99 Å². The highest BCUT2D eigenvalue weighted by atomic mass is 127. The molecule has 1 aliphatic rings. The van der Waals surface area contributed by atoms with Gasteiger partial charge in [0.15, 0.2) is 29.0 Å². The van der Waals surface area contributed by atoms with Crippen LogP contribution < -0.4 is 29.6 Å². The SMILES string of the molecule is CN=C(NCc1ccc(OC)c(OC)c1)NCc1ccc(OC)c(OC2CCCC2)c1.I. The maximum absolute atomic E-state index is 6.20. The van der Waals surface area contributed by atoms with Crippen LogP contribution in [0.15, 0.2) is 41.4 Å². The molecule has 2 N–H and O–H groups in total. The second-order valence-corrected chi connectivity index (χ2v) is 7.48. The van der Waals surface area contributed by atoms with Crippen molar-refractivity contribution in [2.24, 2.45) is 4.99 Å². The monoisotopic (exact) mass is 555 g/mol. The Morgan fingerprint density at radius 3 is 1.81 bits per heavy atom. The number of nitrogens with zero attached hydrogens (tertiary/aromatic N) is 1. The van der Waals surface area contributed by atoms with Crippen LogP contribution in [0.25, 0.3) is 0 Å². The molecule has 0 spiro atoms. The van der Waals surface area contributed by atoms with Gasteiger partial charge in [-0.05, 0) is 61.1 Å². The van der Waals surface area contributed by atoms with Crippen molar-refractivity contribution in [3.63, 3.8) is 0 Å². The first-order chi connectivity index (χ1) is 15.2. The molecule has 8 heteroatoms. The van der Waals surface area contributed by atoms with Crippen molar-refractivity contribution < 1.29 is 18.9 Å². The second-order valence-electron chi connectivity index (χ2n) is 7.48. The molecule has 32 heavy (non-hydrogen) atoms. The Morgan fingerprint density at radius 1 is 0.812 bits per heavy atom. The van der Waals surface area contributed by atoms with Crippen molar-refractivity contribution in [1.29, 1.82) is 0 Å². The summed E-state index contributed by atoms with van der Waals surface area (Å²) in [5.74, 6) is 3.71. The minimum atomic E-state index is 0. The molecule has 2 aromatic carbocycles. The number of hydrogen-bond acceptors (Lipinski definition) is 5. The summed E-state index contributed by atoms with van der Waals surface area (Å²) in [5, 5.41) is 6.68. The molecule has 0 radical (unpaired) electrons. The molecule has 0 bridgehead atoms. The van der Waals surface area contributed by atoms with E-state index in [4.69, 9.17) is 18.9 Å². The first-order valence-corrected chi connectivity index (χ1v) is 10.7. The minimum absolute atomic E-state index is 0. The first kappa shape index (κ1) is 25.9. The summed E-state index contributed by atoms with van der Waals surface area (Å²) in [6.07, 6.45) is 4.97. The standard InChI is InChI=1S/C24H33N3O4.HI/c1-25-24(26-15-17-9-11-20(28-2)22(13-17)30-4)27-16-18-10-12-21(29-3)23(14-18)31-19-7-5-6-8-19;/h9-14,19H,5-8,15-16H2,1-4H3,(H2,25,26,27);1H. The predicted octanol–water partition coefficient (Wildman–Crippen LogP) is 4.52. The van der Waals surface area contributed by atoms with Crippen LogP contribution in [0, 0.1) is 0 Å². The predicted molar refractivity (Wildman–Crippen MR) is 138 cm³/mol. The van der Waals surface area contributed by atoms with E-state index in [0.29, 0.717) is 30.5 Å². The van der Waals surface area contributed by atoms with Crippen LogP contribution in [0.4, 0.5) is 0 Å². The Hall–Kier alpha value is -2.36. The lowest BCUT2D eigenvalue weighted by Gasteiger charge is -2.17. The highest BCUT2D eigenvalue weighted by molar-refractivity contribution is 14.0. The largest absolute Gasteiger partial charge is 0.493 e. The van der Waals surface area contributed by atoms with Crippen LogP contribution in [0.2, 0.25) is 0 Å². The maximum Gasteiger partial charge on any atom is 0.191 e. The van der Waals surface area contributed by atoms with E-state index < -0.39 is 0 Å². The van der Waals surface area contributed by atoms with E-state index in [1.165, 1.54) is 12.8 Å². The molecule has 0 heterocycles. The third-order valence-electron chi connectivity index (χ3n) is 5.42. The van der Waals surface area contributed by atoms with Crippen molar-refractivity contribution in [1.82, 2.24) is 10.6 Å². The average molecular weight is 555 g/mol. The van der Waals surface area contributed by atoms with E-state index in [1.54, 1.807) is 28.4 Å². The van der Waals surface area contributed by atoms with Crippen LogP contribution in [-0.2, 0) is 13.1 Å². The number of nitrogens with one attached hydrogen (secondary N) is 2. The molecule has 0 aliphatic heterocycles. The molecule has 0 aromatic heterocycles. The van der Waals surface area contributed by atoms with Crippen molar-refractivity contribution in [2.45, 2.75) is 44.9 Å². The zero-order valence-corrected chi connectivity index (χ0v) is 21.6. The Kier molecular flexibility index (Phi) is 10.7. The van der Waals surface area contributed by atoms with Gasteiger partial charge in [-0.1, -0.05) is 12.1 Å². The van der Waals surface area contributed by atoms with E-state index >= 15 is 0 Å². The summed E-state index contributed by atoms with van der Waals surface area (Å²) in [7, 11) is 6.70. The van der Waals surface area contributed by atoms with Gasteiger partial charge in [0.1, 0.15) is 0 Å². The van der Waals surface area contributed by atoms with Crippen LogP contribution in [0.3, 0.4) is 0 Å². The van der Waals surface area contributed by atoms with Gasteiger partial charge in [-0.25, -0.2) is 0 Å².